The van der Waals surface area contributed by atoms with Gasteiger partial charge in [0.25, 0.3) is 0 Å². The van der Waals surface area contributed by atoms with Crippen molar-refractivity contribution in [2.75, 3.05) is 23.1 Å². The third-order valence-corrected chi connectivity index (χ3v) is 4.80. The van der Waals surface area contributed by atoms with Crippen LogP contribution >= 0.6 is 0 Å². The maximum absolute atomic E-state index is 11.6. The summed E-state index contributed by atoms with van der Waals surface area (Å²) in [7, 11) is 1.35. The molecule has 0 atom stereocenters. The summed E-state index contributed by atoms with van der Waals surface area (Å²) < 4.78 is 4.74. The predicted octanol–water partition coefficient (Wildman–Crippen LogP) is 4.32. The van der Waals surface area contributed by atoms with Gasteiger partial charge >= 0.3 is 5.97 Å². The van der Waals surface area contributed by atoms with E-state index in [0.717, 1.165) is 17.1 Å². The van der Waals surface area contributed by atoms with Crippen molar-refractivity contribution in [2.24, 2.45) is 0 Å². The van der Waals surface area contributed by atoms with Crippen LogP contribution in [0.2, 0.25) is 0 Å². The van der Waals surface area contributed by atoms with E-state index in [1.54, 1.807) is 30.5 Å². The number of carbonyl (C=O) groups excluding carboxylic acids is 1. The quantitative estimate of drug-likeness (QED) is 0.421. The Hall–Kier alpha value is -4.46. The third-order valence-electron chi connectivity index (χ3n) is 4.80. The molecule has 3 N–H and O–H groups in total. The molecular formula is C24H22N6O2. The van der Waals surface area contributed by atoms with Gasteiger partial charge in [-0.2, -0.15) is 0 Å². The van der Waals surface area contributed by atoms with E-state index in [1.165, 1.54) is 13.4 Å². The first-order chi connectivity index (χ1) is 15.7. The molecule has 0 aliphatic carbocycles. The predicted molar refractivity (Wildman–Crippen MR) is 124 cm³/mol. The normalized spacial score (nSPS) is 10.4. The number of nitrogen functional groups attached to an aromatic ring is 1. The van der Waals surface area contributed by atoms with Gasteiger partial charge in [0, 0.05) is 11.9 Å². The van der Waals surface area contributed by atoms with Crippen molar-refractivity contribution >= 4 is 34.8 Å². The molecule has 2 aromatic carbocycles. The van der Waals surface area contributed by atoms with Crippen molar-refractivity contribution in [1.82, 2.24) is 15.0 Å². The highest BCUT2D eigenvalue weighted by molar-refractivity contribution is 5.90. The Morgan fingerprint density at radius 1 is 0.969 bits per heavy atom. The summed E-state index contributed by atoms with van der Waals surface area (Å²) in [4.78, 5) is 26.8. The van der Waals surface area contributed by atoms with Gasteiger partial charge in [-0.15, -0.1) is 0 Å². The van der Waals surface area contributed by atoms with Crippen LogP contribution in [-0.2, 0) is 11.3 Å². The molecule has 0 unspecified atom stereocenters. The molecule has 160 valence electrons. The molecule has 0 saturated carbocycles. The molecule has 8 heteroatoms. The fourth-order valence-corrected chi connectivity index (χ4v) is 3.19. The van der Waals surface area contributed by atoms with Gasteiger partial charge in [-0.25, -0.2) is 19.7 Å². The molecule has 0 aliphatic heterocycles. The second-order valence-electron chi connectivity index (χ2n) is 6.91. The number of pyridine rings is 1. The Balaban J connectivity index is 1.66. The Morgan fingerprint density at radius 2 is 1.72 bits per heavy atom. The average Bonchev–Trinajstić information content (AvgIpc) is 2.85. The summed E-state index contributed by atoms with van der Waals surface area (Å²) in [5.74, 6) is 1.31. The number of esters is 1. The molecule has 32 heavy (non-hydrogen) atoms. The molecule has 0 spiro atoms. The van der Waals surface area contributed by atoms with Crippen LogP contribution < -0.4 is 16.0 Å². The van der Waals surface area contributed by atoms with Gasteiger partial charge in [0.2, 0.25) is 0 Å². The largest absolute Gasteiger partial charge is 0.465 e. The van der Waals surface area contributed by atoms with Crippen molar-refractivity contribution in [1.29, 1.82) is 0 Å². The van der Waals surface area contributed by atoms with Crippen LogP contribution in [0.15, 0.2) is 85.3 Å². The SMILES string of the molecule is COC(=O)c1ccc(Nc2ncnc(N(Cc3ccccc3)c3ccccn3)c2N)cc1. The Morgan fingerprint density at radius 3 is 2.41 bits per heavy atom. The highest BCUT2D eigenvalue weighted by atomic mass is 16.5. The molecule has 4 rings (SSSR count). The number of ether oxygens (including phenoxy) is 1. The van der Waals surface area contributed by atoms with Gasteiger partial charge in [0.15, 0.2) is 11.6 Å². The van der Waals surface area contributed by atoms with E-state index in [-0.39, 0.29) is 0 Å². The summed E-state index contributed by atoms with van der Waals surface area (Å²) in [6, 6.07) is 22.6. The molecular weight excluding hydrogens is 404 g/mol. The lowest BCUT2D eigenvalue weighted by atomic mass is 10.2. The monoisotopic (exact) mass is 426 g/mol. The molecule has 4 aromatic rings. The Bertz CT molecular complexity index is 1180. The fourth-order valence-electron chi connectivity index (χ4n) is 3.19. The van der Waals surface area contributed by atoms with Crippen molar-refractivity contribution in [3.63, 3.8) is 0 Å². The fraction of sp³-hybridized carbons (Fsp3) is 0.0833. The van der Waals surface area contributed by atoms with Crippen LogP contribution in [0.1, 0.15) is 15.9 Å². The molecule has 0 saturated heterocycles. The summed E-state index contributed by atoms with van der Waals surface area (Å²) in [6.07, 6.45) is 3.19. The molecule has 0 bridgehead atoms. The lowest BCUT2D eigenvalue weighted by Gasteiger charge is -2.25. The number of methoxy groups -OCH3 is 1. The number of anilines is 5. The number of nitrogens with two attached hydrogens (primary N) is 1. The molecule has 0 radical (unpaired) electrons. The Kier molecular flexibility index (Phi) is 6.22. The smallest absolute Gasteiger partial charge is 0.337 e. The van der Waals surface area contributed by atoms with Gasteiger partial charge in [0.1, 0.15) is 17.8 Å². The van der Waals surface area contributed by atoms with Crippen LogP contribution in [0.3, 0.4) is 0 Å². The molecule has 0 fully saturated rings. The topological polar surface area (TPSA) is 106 Å². The number of benzene rings is 2. The minimum absolute atomic E-state index is 0.381. The zero-order valence-electron chi connectivity index (χ0n) is 17.5. The summed E-state index contributed by atoms with van der Waals surface area (Å²) in [5, 5.41) is 3.19. The summed E-state index contributed by atoms with van der Waals surface area (Å²) in [6.45, 7) is 0.534. The summed E-state index contributed by atoms with van der Waals surface area (Å²) in [5.41, 5.74) is 9.14. The number of hydrogen-bond acceptors (Lipinski definition) is 8. The van der Waals surface area contributed by atoms with Gasteiger partial charge in [-0.1, -0.05) is 36.4 Å². The number of rotatable bonds is 7. The third kappa shape index (κ3) is 4.65. The maximum Gasteiger partial charge on any atom is 0.337 e. The van der Waals surface area contributed by atoms with Crippen molar-refractivity contribution in [3.05, 3.63) is 96.4 Å². The van der Waals surface area contributed by atoms with E-state index in [2.05, 4.69) is 20.3 Å². The van der Waals surface area contributed by atoms with Crippen molar-refractivity contribution < 1.29 is 9.53 Å². The van der Waals surface area contributed by atoms with E-state index >= 15 is 0 Å². The van der Waals surface area contributed by atoms with Crippen LogP contribution in [0.25, 0.3) is 0 Å². The van der Waals surface area contributed by atoms with Gasteiger partial charge in [0.05, 0.1) is 19.2 Å². The van der Waals surface area contributed by atoms with E-state index in [0.29, 0.717) is 29.4 Å². The zero-order chi connectivity index (χ0) is 22.3. The second kappa shape index (κ2) is 9.57. The Labute approximate surface area is 185 Å². The average molecular weight is 426 g/mol. The number of aromatic nitrogens is 3. The maximum atomic E-state index is 11.6. The summed E-state index contributed by atoms with van der Waals surface area (Å²) >= 11 is 0. The number of nitrogens with one attached hydrogen (secondary N) is 1. The minimum atomic E-state index is -0.396. The van der Waals surface area contributed by atoms with Crippen molar-refractivity contribution in [2.45, 2.75) is 6.54 Å². The first-order valence-electron chi connectivity index (χ1n) is 9.94. The molecule has 0 aliphatic rings. The zero-order valence-corrected chi connectivity index (χ0v) is 17.5. The number of nitrogens with zero attached hydrogens (tertiary/aromatic N) is 4. The second-order valence-corrected chi connectivity index (χ2v) is 6.91. The van der Waals surface area contributed by atoms with E-state index in [9.17, 15) is 4.79 Å². The standard InChI is InChI=1S/C24H22N6O2/c1-32-24(31)18-10-12-19(13-11-18)29-22-21(25)23(28-16-27-22)30(20-9-5-6-14-26-20)15-17-7-3-2-4-8-17/h2-14,16H,15,25H2,1H3,(H,27,28,29). The van der Waals surface area contributed by atoms with E-state index < -0.39 is 5.97 Å². The highest BCUT2D eigenvalue weighted by Gasteiger charge is 2.18. The van der Waals surface area contributed by atoms with Gasteiger partial charge < -0.3 is 20.7 Å². The first kappa shape index (κ1) is 20.8. The van der Waals surface area contributed by atoms with Crippen LogP contribution in [-0.4, -0.2) is 28.0 Å². The molecule has 2 heterocycles. The van der Waals surface area contributed by atoms with Crippen molar-refractivity contribution in [3.8, 4) is 0 Å². The molecule has 8 nitrogen and oxygen atoms in total. The minimum Gasteiger partial charge on any atom is -0.465 e. The van der Waals surface area contributed by atoms with Gasteiger partial charge in [-0.3, -0.25) is 0 Å². The molecule has 0 amide bonds. The first-order valence-corrected chi connectivity index (χ1v) is 9.94. The number of carbonyl (C=O) groups is 1. The lowest BCUT2D eigenvalue weighted by Crippen LogP contribution is -2.21. The lowest BCUT2D eigenvalue weighted by molar-refractivity contribution is 0.0601. The number of hydrogen-bond donors (Lipinski definition) is 2. The molecule has 2 aromatic heterocycles. The van der Waals surface area contributed by atoms with E-state index in [1.807, 2.05) is 53.4 Å². The van der Waals surface area contributed by atoms with Crippen LogP contribution in [0.4, 0.5) is 28.8 Å². The highest BCUT2D eigenvalue weighted by Crippen LogP contribution is 2.33. The van der Waals surface area contributed by atoms with Gasteiger partial charge in [-0.05, 0) is 42.0 Å². The van der Waals surface area contributed by atoms with Crippen LogP contribution in [0.5, 0.6) is 0 Å². The van der Waals surface area contributed by atoms with Crippen LogP contribution in [0, 0.1) is 0 Å². The van der Waals surface area contributed by atoms with E-state index in [4.69, 9.17) is 10.5 Å².